The third-order valence-corrected chi connectivity index (χ3v) is 6.74. The smallest absolute Gasteiger partial charge is 0.257 e. The average Bonchev–Trinajstić information content (AvgIpc) is 3.17. The fourth-order valence-electron chi connectivity index (χ4n) is 2.51. The van der Waals surface area contributed by atoms with Gasteiger partial charge in [0.15, 0.2) is 15.0 Å². The molecule has 0 saturated carbocycles. The van der Waals surface area contributed by atoms with Gasteiger partial charge in [-0.3, -0.25) is 10.1 Å². The highest BCUT2D eigenvalue weighted by Crippen LogP contribution is 2.28. The van der Waals surface area contributed by atoms with Crippen LogP contribution in [0.5, 0.6) is 0 Å². The van der Waals surface area contributed by atoms with Gasteiger partial charge in [-0.25, -0.2) is 13.4 Å². The van der Waals surface area contributed by atoms with Gasteiger partial charge in [-0.2, -0.15) is 5.26 Å². The van der Waals surface area contributed by atoms with Gasteiger partial charge in [0.2, 0.25) is 0 Å². The number of thiazole rings is 1. The standard InChI is InChI=1S/C20H17N3O3S2/c21-12-4-5-13-28(25,26)17-10-8-16(9-11-17)19(24)23-20-22-14-18(27-20)15-6-2-1-3-7-15/h1-3,6-11,14H,4-5,13H2,(H,22,23,24). The van der Waals surface area contributed by atoms with E-state index >= 15 is 0 Å². The summed E-state index contributed by atoms with van der Waals surface area (Å²) in [6.07, 6.45) is 2.18. The average molecular weight is 412 g/mol. The van der Waals surface area contributed by atoms with E-state index < -0.39 is 9.84 Å². The van der Waals surface area contributed by atoms with Crippen molar-refractivity contribution in [2.45, 2.75) is 17.7 Å². The summed E-state index contributed by atoms with van der Waals surface area (Å²) in [5.41, 5.74) is 1.36. The van der Waals surface area contributed by atoms with Gasteiger partial charge < -0.3 is 0 Å². The van der Waals surface area contributed by atoms with Crippen LogP contribution in [0.3, 0.4) is 0 Å². The molecule has 0 aliphatic carbocycles. The zero-order chi connectivity index (χ0) is 20.0. The molecule has 0 saturated heterocycles. The first-order valence-electron chi connectivity index (χ1n) is 8.52. The lowest BCUT2D eigenvalue weighted by molar-refractivity contribution is 0.102. The lowest BCUT2D eigenvalue weighted by Crippen LogP contribution is -2.12. The maximum atomic E-state index is 12.4. The van der Waals surface area contributed by atoms with Crippen molar-refractivity contribution in [1.29, 1.82) is 5.26 Å². The molecule has 8 heteroatoms. The Balaban J connectivity index is 1.67. The second-order valence-corrected chi connectivity index (χ2v) is 9.09. The van der Waals surface area contributed by atoms with Crippen LogP contribution in [0.1, 0.15) is 23.2 Å². The van der Waals surface area contributed by atoms with Gasteiger partial charge in [0.25, 0.3) is 5.91 Å². The molecule has 1 amide bonds. The Kier molecular flexibility index (Phi) is 6.19. The van der Waals surface area contributed by atoms with E-state index in [1.54, 1.807) is 6.20 Å². The number of nitrogens with one attached hydrogen (secondary N) is 1. The Labute approximate surface area is 167 Å². The van der Waals surface area contributed by atoms with Gasteiger partial charge >= 0.3 is 0 Å². The zero-order valence-electron chi connectivity index (χ0n) is 14.8. The second kappa shape index (κ2) is 8.78. The molecule has 3 aromatic rings. The Bertz CT molecular complexity index is 1100. The fourth-order valence-corrected chi connectivity index (χ4v) is 4.64. The Morgan fingerprint density at radius 3 is 2.50 bits per heavy atom. The van der Waals surface area contributed by atoms with Gasteiger partial charge in [0.1, 0.15) is 0 Å². The van der Waals surface area contributed by atoms with E-state index in [-0.39, 0.29) is 29.4 Å². The number of sulfone groups is 1. The number of anilines is 1. The molecule has 1 heterocycles. The molecule has 28 heavy (non-hydrogen) atoms. The summed E-state index contributed by atoms with van der Waals surface area (Å²) in [4.78, 5) is 17.7. The number of nitrogens with zero attached hydrogens (tertiary/aromatic N) is 2. The van der Waals surface area contributed by atoms with Crippen LogP contribution in [0, 0.1) is 11.3 Å². The molecule has 1 aromatic heterocycles. The number of rotatable bonds is 7. The minimum Gasteiger partial charge on any atom is -0.298 e. The first kappa shape index (κ1) is 19.7. The molecule has 0 bridgehead atoms. The number of carbonyl (C=O) groups excluding carboxylic acids is 1. The van der Waals surface area contributed by atoms with Crippen LogP contribution in [0.4, 0.5) is 5.13 Å². The Hall–Kier alpha value is -3.02. The first-order chi connectivity index (χ1) is 13.5. The van der Waals surface area contributed by atoms with Crippen molar-refractivity contribution in [3.63, 3.8) is 0 Å². The lowest BCUT2D eigenvalue weighted by Gasteiger charge is -2.05. The minimum atomic E-state index is -3.45. The molecule has 0 radical (unpaired) electrons. The number of nitriles is 1. The second-order valence-electron chi connectivity index (χ2n) is 5.95. The number of aromatic nitrogens is 1. The molecule has 0 spiro atoms. The van der Waals surface area contributed by atoms with Crippen molar-refractivity contribution < 1.29 is 13.2 Å². The Morgan fingerprint density at radius 1 is 1.11 bits per heavy atom. The first-order valence-corrected chi connectivity index (χ1v) is 11.0. The molecular weight excluding hydrogens is 394 g/mol. The molecule has 0 unspecified atom stereocenters. The number of unbranched alkanes of at least 4 members (excludes halogenated alkanes) is 1. The van der Waals surface area contributed by atoms with Gasteiger partial charge in [0.05, 0.1) is 21.6 Å². The number of carbonyl (C=O) groups is 1. The van der Waals surface area contributed by atoms with E-state index in [0.29, 0.717) is 10.7 Å². The fraction of sp³-hybridized carbons (Fsp3) is 0.150. The van der Waals surface area contributed by atoms with E-state index in [1.165, 1.54) is 35.6 Å². The summed E-state index contributed by atoms with van der Waals surface area (Å²) >= 11 is 1.36. The number of amides is 1. The number of benzene rings is 2. The van der Waals surface area contributed by atoms with E-state index in [9.17, 15) is 13.2 Å². The maximum Gasteiger partial charge on any atom is 0.257 e. The zero-order valence-corrected chi connectivity index (χ0v) is 16.5. The molecule has 6 nitrogen and oxygen atoms in total. The van der Waals surface area contributed by atoms with Crippen LogP contribution in [0.2, 0.25) is 0 Å². The van der Waals surface area contributed by atoms with Crippen molar-refractivity contribution in [2.24, 2.45) is 0 Å². The van der Waals surface area contributed by atoms with Crippen molar-refractivity contribution in [2.75, 3.05) is 11.1 Å². The molecule has 3 rings (SSSR count). The van der Waals surface area contributed by atoms with Crippen molar-refractivity contribution in [1.82, 2.24) is 4.98 Å². The lowest BCUT2D eigenvalue weighted by atomic mass is 10.2. The summed E-state index contributed by atoms with van der Waals surface area (Å²) in [6, 6.07) is 17.4. The SMILES string of the molecule is N#CCCCS(=O)(=O)c1ccc(C(=O)Nc2ncc(-c3ccccc3)s2)cc1. The molecular formula is C20H17N3O3S2. The van der Waals surface area contributed by atoms with Gasteiger partial charge in [-0.1, -0.05) is 41.7 Å². The summed E-state index contributed by atoms with van der Waals surface area (Å²) in [5, 5.41) is 11.7. The minimum absolute atomic E-state index is 0.0898. The van der Waals surface area contributed by atoms with Crippen molar-refractivity contribution in [3.05, 3.63) is 66.4 Å². The van der Waals surface area contributed by atoms with Crippen LogP contribution in [-0.2, 0) is 9.84 Å². The molecule has 0 atom stereocenters. The summed E-state index contributed by atoms with van der Waals surface area (Å²) < 4.78 is 24.4. The summed E-state index contributed by atoms with van der Waals surface area (Å²) in [5.74, 6) is -0.449. The molecule has 0 aliphatic rings. The highest BCUT2D eigenvalue weighted by molar-refractivity contribution is 7.91. The highest BCUT2D eigenvalue weighted by atomic mass is 32.2. The molecule has 0 aliphatic heterocycles. The summed E-state index contributed by atoms with van der Waals surface area (Å²) in [6.45, 7) is 0. The van der Waals surface area contributed by atoms with E-state index in [2.05, 4.69) is 10.3 Å². The maximum absolute atomic E-state index is 12.4. The third-order valence-electron chi connectivity index (χ3n) is 3.96. The largest absolute Gasteiger partial charge is 0.298 e. The third kappa shape index (κ3) is 4.82. The quantitative estimate of drug-likeness (QED) is 0.589. The van der Waals surface area contributed by atoms with Crippen LogP contribution < -0.4 is 5.32 Å². The predicted molar refractivity (Wildman–Crippen MR) is 109 cm³/mol. The summed E-state index contributed by atoms with van der Waals surface area (Å²) in [7, 11) is -3.45. The van der Waals surface area contributed by atoms with Crippen LogP contribution in [-0.4, -0.2) is 25.1 Å². The highest BCUT2D eigenvalue weighted by Gasteiger charge is 2.15. The van der Waals surface area contributed by atoms with Crippen LogP contribution >= 0.6 is 11.3 Å². The number of hydrogen-bond donors (Lipinski definition) is 1. The van der Waals surface area contributed by atoms with E-state index in [1.807, 2.05) is 36.4 Å². The van der Waals surface area contributed by atoms with Gasteiger partial charge in [-0.05, 0) is 36.2 Å². The Morgan fingerprint density at radius 2 is 1.82 bits per heavy atom. The van der Waals surface area contributed by atoms with Crippen molar-refractivity contribution in [3.8, 4) is 16.5 Å². The molecule has 0 fully saturated rings. The normalized spacial score (nSPS) is 11.0. The van der Waals surface area contributed by atoms with Crippen LogP contribution in [0.25, 0.3) is 10.4 Å². The molecule has 142 valence electrons. The van der Waals surface area contributed by atoms with Crippen LogP contribution in [0.15, 0.2) is 65.7 Å². The monoisotopic (exact) mass is 411 g/mol. The predicted octanol–water partition coefficient (Wildman–Crippen LogP) is 4.14. The molecule has 1 N–H and O–H groups in total. The van der Waals surface area contributed by atoms with Gasteiger partial charge in [-0.15, -0.1) is 0 Å². The van der Waals surface area contributed by atoms with E-state index in [0.717, 1.165) is 10.4 Å². The van der Waals surface area contributed by atoms with Gasteiger partial charge in [0, 0.05) is 18.2 Å². The molecule has 2 aromatic carbocycles. The van der Waals surface area contributed by atoms with Crippen molar-refractivity contribution >= 4 is 32.2 Å². The topological polar surface area (TPSA) is 99.9 Å². The van der Waals surface area contributed by atoms with E-state index in [4.69, 9.17) is 5.26 Å². The number of hydrogen-bond acceptors (Lipinski definition) is 6.